The summed E-state index contributed by atoms with van der Waals surface area (Å²) in [6, 6.07) is 63.0. The van der Waals surface area contributed by atoms with Gasteiger partial charge in [0.2, 0.25) is 0 Å². The van der Waals surface area contributed by atoms with Crippen molar-refractivity contribution in [1.29, 1.82) is 0 Å². The fourth-order valence-electron chi connectivity index (χ4n) is 11.4. The van der Waals surface area contributed by atoms with Crippen molar-refractivity contribution in [1.82, 2.24) is 0 Å². The van der Waals surface area contributed by atoms with Crippen LogP contribution in [0.4, 0.5) is 0 Å². The summed E-state index contributed by atoms with van der Waals surface area (Å²) in [6.45, 7) is 2.61. The van der Waals surface area contributed by atoms with Crippen molar-refractivity contribution in [2.75, 3.05) is 0 Å². The SMILES string of the molecule is CC1(c2ccc3ccc4ccccc4c3c2)CC2(c3ccc4ccc5ccccc5c4c3)CCCC(c3ccc4ccc5ccccc5c4c3)(C1)C2. The Morgan fingerprint density at radius 3 is 1.08 bits per heavy atom. The van der Waals surface area contributed by atoms with Crippen molar-refractivity contribution in [2.24, 2.45) is 0 Å². The summed E-state index contributed by atoms with van der Waals surface area (Å²) in [6.07, 6.45) is 7.22. The molecule has 0 aliphatic heterocycles. The largest absolute Gasteiger partial charge is 0.0616 e. The lowest BCUT2D eigenvalue weighted by atomic mass is 9.44. The van der Waals surface area contributed by atoms with Crippen molar-refractivity contribution >= 4 is 64.6 Å². The van der Waals surface area contributed by atoms with Crippen LogP contribution in [0.3, 0.4) is 0 Å². The van der Waals surface area contributed by atoms with Crippen LogP contribution in [0.15, 0.2) is 164 Å². The predicted octanol–water partition coefficient (Wildman–Crippen LogP) is 14.1. The Morgan fingerprint density at radius 1 is 0.327 bits per heavy atom. The molecule has 2 atom stereocenters. The molecule has 250 valence electrons. The Kier molecular flexibility index (Phi) is 6.40. The van der Waals surface area contributed by atoms with Gasteiger partial charge in [-0.3, -0.25) is 0 Å². The standard InChI is InChI=1S/C52H42/c1-50(41-24-21-38-18-15-35-9-2-5-12-44(35)47(38)29-41)32-51(42-25-22-39-19-16-36-10-3-6-13-45(36)48(39)30-42)27-8-28-52(33-50,34-51)43-26-23-40-20-17-37-11-4-7-14-46(37)49(40)31-43/h2-7,9-26,29-31H,8,27-28,32-34H2,1H3. The van der Waals surface area contributed by atoms with Crippen LogP contribution in [0.5, 0.6) is 0 Å². The molecule has 2 saturated carbocycles. The van der Waals surface area contributed by atoms with Crippen LogP contribution < -0.4 is 0 Å². The lowest BCUT2D eigenvalue weighted by molar-refractivity contribution is 0.0586. The third kappa shape index (κ3) is 4.46. The molecule has 2 unspecified atom stereocenters. The number of fused-ring (bicyclic) bond motifs is 11. The zero-order valence-corrected chi connectivity index (χ0v) is 29.8. The predicted molar refractivity (Wildman–Crippen MR) is 223 cm³/mol. The van der Waals surface area contributed by atoms with Crippen molar-refractivity contribution in [3.63, 3.8) is 0 Å². The van der Waals surface area contributed by atoms with E-state index in [1.54, 1.807) is 0 Å². The average Bonchev–Trinajstić information content (AvgIpc) is 3.20. The van der Waals surface area contributed by atoms with Crippen molar-refractivity contribution in [3.05, 3.63) is 180 Å². The Bertz CT molecular complexity index is 2750. The van der Waals surface area contributed by atoms with Gasteiger partial charge in [0.05, 0.1) is 0 Å². The van der Waals surface area contributed by atoms with Gasteiger partial charge in [-0.2, -0.15) is 0 Å². The summed E-state index contributed by atoms with van der Waals surface area (Å²) < 4.78 is 0. The van der Waals surface area contributed by atoms with E-state index in [0.29, 0.717) is 0 Å². The maximum absolute atomic E-state index is 2.61. The zero-order chi connectivity index (χ0) is 34.5. The first kappa shape index (κ1) is 30.2. The Morgan fingerprint density at radius 2 is 0.654 bits per heavy atom. The maximum Gasteiger partial charge on any atom is -0.00299 e. The minimum Gasteiger partial charge on any atom is -0.0616 e. The molecule has 2 aliphatic rings. The number of rotatable bonds is 3. The van der Waals surface area contributed by atoms with E-state index in [1.165, 1.54) is 107 Å². The van der Waals surface area contributed by atoms with Gasteiger partial charge in [-0.1, -0.05) is 159 Å². The van der Waals surface area contributed by atoms with E-state index >= 15 is 0 Å². The fourth-order valence-corrected chi connectivity index (χ4v) is 11.4. The lowest BCUT2D eigenvalue weighted by Gasteiger charge is -2.59. The number of benzene rings is 9. The molecule has 0 radical (unpaired) electrons. The van der Waals surface area contributed by atoms with Gasteiger partial charge in [0, 0.05) is 0 Å². The first-order valence-corrected chi connectivity index (χ1v) is 19.3. The van der Waals surface area contributed by atoms with Crippen molar-refractivity contribution in [2.45, 2.75) is 61.7 Å². The summed E-state index contributed by atoms with van der Waals surface area (Å²) in [5.74, 6) is 0. The Balaban J connectivity index is 1.15. The third-order valence-electron chi connectivity index (χ3n) is 13.6. The van der Waals surface area contributed by atoms with Gasteiger partial charge in [-0.25, -0.2) is 0 Å². The fraction of sp³-hybridized carbons (Fsp3) is 0.192. The van der Waals surface area contributed by atoms with Gasteiger partial charge in [0.15, 0.2) is 0 Å². The van der Waals surface area contributed by atoms with Crippen LogP contribution in [0, 0.1) is 0 Å². The summed E-state index contributed by atoms with van der Waals surface area (Å²) in [5, 5.41) is 16.2. The second kappa shape index (κ2) is 11.0. The quantitative estimate of drug-likeness (QED) is 0.165. The van der Waals surface area contributed by atoms with Gasteiger partial charge in [-0.15, -0.1) is 0 Å². The Labute approximate surface area is 305 Å². The van der Waals surface area contributed by atoms with E-state index < -0.39 is 0 Å². The minimum atomic E-state index is -0.00870. The van der Waals surface area contributed by atoms with E-state index in [1.807, 2.05) is 0 Å². The molecule has 9 aromatic rings. The summed E-state index contributed by atoms with van der Waals surface area (Å²) >= 11 is 0. The lowest BCUT2D eigenvalue weighted by Crippen LogP contribution is -2.53. The van der Waals surface area contributed by atoms with E-state index in [4.69, 9.17) is 0 Å². The van der Waals surface area contributed by atoms with Gasteiger partial charge in [-0.05, 0) is 148 Å². The Hall–Kier alpha value is -5.46. The first-order valence-electron chi connectivity index (χ1n) is 19.3. The topological polar surface area (TPSA) is 0 Å². The molecule has 0 saturated heterocycles. The summed E-state index contributed by atoms with van der Waals surface area (Å²) in [5.41, 5.74) is 4.68. The van der Waals surface area contributed by atoms with E-state index in [2.05, 4.69) is 171 Å². The normalized spacial score (nSPS) is 23.2. The molecule has 0 spiro atoms. The molecule has 0 N–H and O–H groups in total. The molecule has 0 heteroatoms. The van der Waals surface area contributed by atoms with Crippen LogP contribution in [-0.2, 0) is 16.2 Å². The van der Waals surface area contributed by atoms with Gasteiger partial charge in [0.1, 0.15) is 0 Å². The van der Waals surface area contributed by atoms with Crippen LogP contribution in [0.25, 0.3) is 64.6 Å². The van der Waals surface area contributed by atoms with Gasteiger partial charge < -0.3 is 0 Å². The molecule has 9 aromatic carbocycles. The van der Waals surface area contributed by atoms with Crippen LogP contribution in [-0.4, -0.2) is 0 Å². The molecule has 0 nitrogen and oxygen atoms in total. The van der Waals surface area contributed by atoms with E-state index in [-0.39, 0.29) is 16.2 Å². The average molecular weight is 667 g/mol. The highest BCUT2D eigenvalue weighted by Gasteiger charge is 2.56. The molecule has 2 bridgehead atoms. The molecular formula is C52H42. The molecule has 2 aliphatic carbocycles. The second-order valence-electron chi connectivity index (χ2n) is 16.7. The smallest absolute Gasteiger partial charge is 0.00299 e. The molecule has 52 heavy (non-hydrogen) atoms. The highest BCUT2D eigenvalue weighted by atomic mass is 14.6. The van der Waals surface area contributed by atoms with Crippen LogP contribution in [0.2, 0.25) is 0 Å². The molecule has 0 amide bonds. The maximum atomic E-state index is 2.61. The minimum absolute atomic E-state index is 0.00870. The number of hydrogen-bond donors (Lipinski definition) is 0. The van der Waals surface area contributed by atoms with Crippen LogP contribution in [0.1, 0.15) is 62.1 Å². The van der Waals surface area contributed by atoms with Crippen LogP contribution >= 0.6 is 0 Å². The second-order valence-corrected chi connectivity index (χ2v) is 16.7. The molecular weight excluding hydrogens is 625 g/mol. The van der Waals surface area contributed by atoms with Crippen molar-refractivity contribution < 1.29 is 0 Å². The van der Waals surface area contributed by atoms with Gasteiger partial charge in [0.25, 0.3) is 0 Å². The highest BCUT2D eigenvalue weighted by molar-refractivity contribution is 6.09. The molecule has 0 aromatic heterocycles. The van der Waals surface area contributed by atoms with E-state index in [9.17, 15) is 0 Å². The molecule has 11 rings (SSSR count). The molecule has 0 heterocycles. The molecule has 2 fully saturated rings. The first-order chi connectivity index (χ1) is 25.5. The monoisotopic (exact) mass is 666 g/mol. The number of hydrogen-bond acceptors (Lipinski definition) is 0. The third-order valence-corrected chi connectivity index (χ3v) is 13.6. The highest BCUT2D eigenvalue weighted by Crippen LogP contribution is 2.63. The van der Waals surface area contributed by atoms with Crippen molar-refractivity contribution in [3.8, 4) is 0 Å². The van der Waals surface area contributed by atoms with Gasteiger partial charge >= 0.3 is 0 Å². The van der Waals surface area contributed by atoms with E-state index in [0.717, 1.165) is 12.8 Å². The zero-order valence-electron chi connectivity index (χ0n) is 29.8. The summed E-state index contributed by atoms with van der Waals surface area (Å²) in [7, 11) is 0. The summed E-state index contributed by atoms with van der Waals surface area (Å²) in [4.78, 5) is 0.